The van der Waals surface area contributed by atoms with E-state index in [1.54, 1.807) is 11.1 Å². The summed E-state index contributed by atoms with van der Waals surface area (Å²) in [6, 6.07) is 11.5. The van der Waals surface area contributed by atoms with Crippen LogP contribution in [0, 0.1) is 4.78 Å². The average molecular weight is 444 g/mol. The Kier molecular flexibility index (Phi) is 5.81. The summed E-state index contributed by atoms with van der Waals surface area (Å²) >= 11 is 0. The topological polar surface area (TPSA) is 116 Å². The van der Waals surface area contributed by atoms with Crippen LogP contribution in [0.15, 0.2) is 42.6 Å². The lowest BCUT2D eigenvalue weighted by atomic mass is 10.1. The third kappa shape index (κ3) is 4.96. The van der Waals surface area contributed by atoms with Crippen LogP contribution in [0.3, 0.4) is 0 Å². The lowest BCUT2D eigenvalue weighted by Gasteiger charge is -2.29. The van der Waals surface area contributed by atoms with E-state index in [4.69, 9.17) is 9.52 Å². The molecule has 1 aromatic carbocycles. The lowest BCUT2D eigenvalue weighted by molar-refractivity contribution is -0.119. The SMILES string of the molecule is CC(=O)NC[C@H]1CN(c2ccc(-c3ccc(N4CCS(=N)(=O)CC4)nc3)cc2)C(=O)O1. The molecule has 31 heavy (non-hydrogen) atoms. The van der Waals surface area contributed by atoms with E-state index in [1.807, 2.05) is 36.4 Å². The Morgan fingerprint density at radius 1 is 1.19 bits per heavy atom. The highest BCUT2D eigenvalue weighted by Crippen LogP contribution is 2.27. The summed E-state index contributed by atoms with van der Waals surface area (Å²) in [5, 5.41) is 2.67. The highest BCUT2D eigenvalue weighted by Gasteiger charge is 2.32. The number of carbonyl (C=O) groups is 2. The fourth-order valence-electron chi connectivity index (χ4n) is 3.63. The molecule has 2 saturated heterocycles. The van der Waals surface area contributed by atoms with Gasteiger partial charge in [0, 0.05) is 58.7 Å². The summed E-state index contributed by atoms with van der Waals surface area (Å²) in [5.41, 5.74) is 2.65. The second kappa shape index (κ2) is 8.54. The van der Waals surface area contributed by atoms with Gasteiger partial charge in [0.05, 0.1) is 13.1 Å². The molecule has 164 valence electrons. The second-order valence-corrected chi connectivity index (χ2v) is 10.2. The molecule has 2 N–H and O–H groups in total. The molecular formula is C21H25N5O4S. The van der Waals surface area contributed by atoms with Crippen LogP contribution in [-0.4, -0.2) is 65.0 Å². The monoisotopic (exact) mass is 443 g/mol. The van der Waals surface area contributed by atoms with Crippen LogP contribution in [0.2, 0.25) is 0 Å². The van der Waals surface area contributed by atoms with E-state index in [0.717, 1.165) is 22.6 Å². The van der Waals surface area contributed by atoms with E-state index in [0.29, 0.717) is 37.7 Å². The quantitative estimate of drug-likeness (QED) is 0.731. The molecule has 0 bridgehead atoms. The number of nitrogens with zero attached hydrogens (tertiary/aromatic N) is 3. The molecule has 1 aromatic heterocycles. The molecule has 3 heterocycles. The first-order chi connectivity index (χ1) is 14.8. The summed E-state index contributed by atoms with van der Waals surface area (Å²) in [7, 11) is -2.43. The Labute approximate surface area is 181 Å². The standard InChI is InChI=1S/C21H25N5O4S/c1-15(27)23-13-19-14-26(21(28)30-19)18-5-2-16(3-6-18)17-4-7-20(24-12-17)25-8-10-31(22,29)11-9-25/h2-7,12,19,22H,8-11,13-14H2,1H3,(H,23,27)/t19-/m0/s1. The minimum absolute atomic E-state index is 0.158. The van der Waals surface area contributed by atoms with Crippen molar-refractivity contribution in [1.82, 2.24) is 10.3 Å². The molecular weight excluding hydrogens is 418 g/mol. The van der Waals surface area contributed by atoms with Crippen molar-refractivity contribution in [2.24, 2.45) is 0 Å². The Bertz CT molecular complexity index is 1060. The van der Waals surface area contributed by atoms with Crippen molar-refractivity contribution in [3.8, 4) is 11.1 Å². The van der Waals surface area contributed by atoms with Crippen LogP contribution >= 0.6 is 0 Å². The second-order valence-electron chi connectivity index (χ2n) is 7.71. The van der Waals surface area contributed by atoms with Crippen molar-refractivity contribution in [2.75, 3.05) is 47.5 Å². The third-order valence-corrected chi connectivity index (χ3v) is 7.10. The van der Waals surface area contributed by atoms with Gasteiger partial charge in [-0.25, -0.2) is 14.0 Å². The Morgan fingerprint density at radius 3 is 2.48 bits per heavy atom. The number of hydrogen-bond acceptors (Lipinski definition) is 7. The number of rotatable bonds is 5. The number of amides is 2. The van der Waals surface area contributed by atoms with Gasteiger partial charge in [-0.15, -0.1) is 0 Å². The first kappa shape index (κ1) is 21.1. The fraction of sp³-hybridized carbons (Fsp3) is 0.381. The van der Waals surface area contributed by atoms with Crippen molar-refractivity contribution in [3.63, 3.8) is 0 Å². The van der Waals surface area contributed by atoms with Gasteiger partial charge >= 0.3 is 6.09 Å². The normalized spacial score (nSPS) is 20.4. The largest absolute Gasteiger partial charge is 0.442 e. The van der Waals surface area contributed by atoms with E-state index in [1.165, 1.54) is 6.92 Å². The zero-order valence-electron chi connectivity index (χ0n) is 17.2. The van der Waals surface area contributed by atoms with Crippen molar-refractivity contribution in [3.05, 3.63) is 42.6 Å². The Hall–Kier alpha value is -3.14. The molecule has 0 radical (unpaired) electrons. The minimum Gasteiger partial charge on any atom is -0.442 e. The van der Waals surface area contributed by atoms with Crippen molar-refractivity contribution < 1.29 is 18.5 Å². The molecule has 10 heteroatoms. The zero-order valence-corrected chi connectivity index (χ0v) is 18.1. The summed E-state index contributed by atoms with van der Waals surface area (Å²) in [6.07, 6.45) is 1.00. The smallest absolute Gasteiger partial charge is 0.414 e. The van der Waals surface area contributed by atoms with Crippen LogP contribution in [0.25, 0.3) is 11.1 Å². The molecule has 0 spiro atoms. The predicted octanol–water partition coefficient (Wildman–Crippen LogP) is 2.08. The van der Waals surface area contributed by atoms with E-state index in [9.17, 15) is 13.8 Å². The number of ether oxygens (including phenoxy) is 1. The molecule has 2 amide bonds. The maximum Gasteiger partial charge on any atom is 0.414 e. The van der Waals surface area contributed by atoms with E-state index in [-0.39, 0.29) is 12.0 Å². The third-order valence-electron chi connectivity index (χ3n) is 5.42. The molecule has 4 rings (SSSR count). The van der Waals surface area contributed by atoms with Crippen LogP contribution in [0.4, 0.5) is 16.3 Å². The van der Waals surface area contributed by atoms with Gasteiger partial charge in [0.25, 0.3) is 0 Å². The van der Waals surface area contributed by atoms with E-state index >= 15 is 0 Å². The van der Waals surface area contributed by atoms with E-state index in [2.05, 4.69) is 15.2 Å². The molecule has 0 saturated carbocycles. The first-order valence-electron chi connectivity index (χ1n) is 10.1. The van der Waals surface area contributed by atoms with Gasteiger partial charge in [-0.3, -0.25) is 14.5 Å². The fourth-order valence-corrected chi connectivity index (χ4v) is 4.87. The number of pyridine rings is 1. The maximum absolute atomic E-state index is 12.2. The number of anilines is 2. The Morgan fingerprint density at radius 2 is 1.87 bits per heavy atom. The van der Waals surface area contributed by atoms with Crippen molar-refractivity contribution in [1.29, 1.82) is 4.78 Å². The predicted molar refractivity (Wildman–Crippen MR) is 119 cm³/mol. The molecule has 9 nitrogen and oxygen atoms in total. The molecule has 0 aliphatic carbocycles. The first-order valence-corrected chi connectivity index (χ1v) is 12.0. The van der Waals surface area contributed by atoms with Gasteiger partial charge in [-0.1, -0.05) is 12.1 Å². The maximum atomic E-state index is 12.2. The summed E-state index contributed by atoms with van der Waals surface area (Å²) in [6.45, 7) is 3.27. The van der Waals surface area contributed by atoms with Gasteiger partial charge < -0.3 is 15.0 Å². The average Bonchev–Trinajstić information content (AvgIpc) is 3.13. The summed E-state index contributed by atoms with van der Waals surface area (Å²) in [4.78, 5) is 31.4. The van der Waals surface area contributed by atoms with Crippen LogP contribution in [-0.2, 0) is 19.3 Å². The number of benzene rings is 1. The zero-order chi connectivity index (χ0) is 22.0. The number of aromatic nitrogens is 1. The van der Waals surface area contributed by atoms with Crippen molar-refractivity contribution in [2.45, 2.75) is 13.0 Å². The highest BCUT2D eigenvalue weighted by molar-refractivity contribution is 7.92. The number of hydrogen-bond donors (Lipinski definition) is 2. The number of carbonyl (C=O) groups excluding carboxylic acids is 2. The van der Waals surface area contributed by atoms with Crippen molar-refractivity contribution >= 4 is 33.2 Å². The summed E-state index contributed by atoms with van der Waals surface area (Å²) < 4.78 is 24.8. The number of cyclic esters (lactones) is 1. The van der Waals surface area contributed by atoms with Gasteiger partial charge in [-0.05, 0) is 29.8 Å². The van der Waals surface area contributed by atoms with Gasteiger partial charge in [0.2, 0.25) is 5.91 Å². The summed E-state index contributed by atoms with van der Waals surface area (Å²) in [5.74, 6) is 1.42. The Balaban J connectivity index is 1.40. The van der Waals surface area contributed by atoms with Gasteiger partial charge in [0.15, 0.2) is 0 Å². The molecule has 2 fully saturated rings. The molecule has 2 aliphatic rings. The molecule has 2 aromatic rings. The highest BCUT2D eigenvalue weighted by atomic mass is 32.2. The molecule has 0 unspecified atom stereocenters. The van der Waals surface area contributed by atoms with Crippen LogP contribution in [0.1, 0.15) is 6.92 Å². The van der Waals surface area contributed by atoms with Crippen LogP contribution in [0.5, 0.6) is 0 Å². The van der Waals surface area contributed by atoms with E-state index < -0.39 is 15.8 Å². The van der Waals surface area contributed by atoms with Crippen LogP contribution < -0.4 is 15.1 Å². The molecule has 2 aliphatic heterocycles. The molecule has 1 atom stereocenters. The van der Waals surface area contributed by atoms with Gasteiger partial charge in [-0.2, -0.15) is 0 Å². The number of nitrogens with one attached hydrogen (secondary N) is 2. The minimum atomic E-state index is -2.43. The van der Waals surface area contributed by atoms with Gasteiger partial charge in [0.1, 0.15) is 11.9 Å². The lowest BCUT2D eigenvalue weighted by Crippen LogP contribution is -2.40.